The van der Waals surface area contributed by atoms with Crippen LogP contribution >= 0.6 is 0 Å². The van der Waals surface area contributed by atoms with Gasteiger partial charge in [0.05, 0.1) is 12.2 Å². The highest BCUT2D eigenvalue weighted by molar-refractivity contribution is 5.91. The first kappa shape index (κ1) is 20.1. The number of nitrogens with one attached hydrogen (secondary N) is 1. The predicted molar refractivity (Wildman–Crippen MR) is 109 cm³/mol. The first-order valence-electron chi connectivity index (χ1n) is 9.16. The summed E-state index contributed by atoms with van der Waals surface area (Å²) in [5, 5.41) is 2.73. The van der Waals surface area contributed by atoms with E-state index >= 15 is 0 Å². The third-order valence-electron chi connectivity index (χ3n) is 3.90. The van der Waals surface area contributed by atoms with Crippen LogP contribution in [0.2, 0.25) is 0 Å². The topological polar surface area (TPSA) is 60.5 Å². The number of pyridine rings is 1. The number of ether oxygens (including phenoxy) is 2. The normalized spacial score (nSPS) is 10.7. The van der Waals surface area contributed by atoms with Crippen molar-refractivity contribution in [3.05, 3.63) is 96.1 Å². The minimum absolute atomic E-state index is 0.219. The lowest BCUT2D eigenvalue weighted by Crippen LogP contribution is -2.26. The molecule has 0 aliphatic heterocycles. The molecule has 0 fully saturated rings. The first-order valence-corrected chi connectivity index (χ1v) is 9.16. The molecule has 29 heavy (non-hydrogen) atoms. The second-order valence-electron chi connectivity index (χ2n) is 6.11. The summed E-state index contributed by atoms with van der Waals surface area (Å²) in [6.45, 7) is 1.05. The molecule has 1 N–H and O–H groups in total. The van der Waals surface area contributed by atoms with Crippen LogP contribution in [0.3, 0.4) is 0 Å². The molecule has 0 aliphatic rings. The van der Waals surface area contributed by atoms with Gasteiger partial charge in [-0.15, -0.1) is 0 Å². The van der Waals surface area contributed by atoms with Gasteiger partial charge in [-0.3, -0.25) is 9.78 Å². The van der Waals surface area contributed by atoms with Gasteiger partial charge in [-0.2, -0.15) is 0 Å². The Hall–Kier alpha value is -3.67. The van der Waals surface area contributed by atoms with Crippen LogP contribution in [0.1, 0.15) is 11.3 Å². The van der Waals surface area contributed by atoms with E-state index in [0.717, 1.165) is 17.0 Å². The fourth-order valence-electron chi connectivity index (χ4n) is 2.42. The van der Waals surface area contributed by atoms with Crippen LogP contribution in [0, 0.1) is 5.82 Å². The van der Waals surface area contributed by atoms with Crippen LogP contribution in [0.25, 0.3) is 6.08 Å². The van der Waals surface area contributed by atoms with Crippen LogP contribution in [-0.2, 0) is 11.4 Å². The maximum Gasteiger partial charge on any atom is 0.244 e. The Kier molecular flexibility index (Phi) is 7.34. The molecule has 0 spiro atoms. The predicted octanol–water partition coefficient (Wildman–Crippen LogP) is 4.01. The average Bonchev–Trinajstić information content (AvgIpc) is 2.76. The Morgan fingerprint density at radius 1 is 0.966 bits per heavy atom. The van der Waals surface area contributed by atoms with E-state index in [1.54, 1.807) is 24.4 Å². The van der Waals surface area contributed by atoms with E-state index < -0.39 is 0 Å². The van der Waals surface area contributed by atoms with Crippen molar-refractivity contribution in [3.8, 4) is 11.5 Å². The van der Waals surface area contributed by atoms with Crippen molar-refractivity contribution in [3.63, 3.8) is 0 Å². The van der Waals surface area contributed by atoms with Gasteiger partial charge in [-0.05, 0) is 60.2 Å². The summed E-state index contributed by atoms with van der Waals surface area (Å²) < 4.78 is 23.9. The van der Waals surface area contributed by atoms with E-state index in [1.165, 1.54) is 18.2 Å². The van der Waals surface area contributed by atoms with E-state index in [2.05, 4.69) is 10.3 Å². The van der Waals surface area contributed by atoms with Gasteiger partial charge in [0.15, 0.2) is 0 Å². The monoisotopic (exact) mass is 392 g/mol. The quantitative estimate of drug-likeness (QED) is 0.442. The van der Waals surface area contributed by atoms with Crippen LogP contribution in [0.5, 0.6) is 11.5 Å². The van der Waals surface area contributed by atoms with E-state index in [4.69, 9.17) is 9.47 Å². The Morgan fingerprint density at radius 2 is 1.69 bits per heavy atom. The maximum atomic E-state index is 12.8. The SMILES string of the molecule is O=C(/C=C/c1ccc(OCc2ccccn2)cc1)NCCOc1ccc(F)cc1. The molecule has 6 heteroatoms. The second-order valence-corrected chi connectivity index (χ2v) is 6.11. The molecule has 1 aromatic heterocycles. The zero-order valence-electron chi connectivity index (χ0n) is 15.8. The largest absolute Gasteiger partial charge is 0.492 e. The van der Waals surface area contributed by atoms with Crippen molar-refractivity contribution in [1.29, 1.82) is 0 Å². The lowest BCUT2D eigenvalue weighted by atomic mass is 10.2. The number of rotatable bonds is 9. The van der Waals surface area contributed by atoms with E-state index in [0.29, 0.717) is 25.5 Å². The van der Waals surface area contributed by atoms with Crippen molar-refractivity contribution < 1.29 is 18.7 Å². The molecule has 0 aliphatic carbocycles. The average molecular weight is 392 g/mol. The summed E-state index contributed by atoms with van der Waals surface area (Å²) in [5.41, 5.74) is 1.74. The number of aromatic nitrogens is 1. The lowest BCUT2D eigenvalue weighted by molar-refractivity contribution is -0.116. The Labute approximate surface area is 168 Å². The van der Waals surface area contributed by atoms with E-state index in [-0.39, 0.29) is 11.7 Å². The summed E-state index contributed by atoms with van der Waals surface area (Å²) in [6, 6.07) is 18.8. The Balaban J connectivity index is 1.37. The number of benzene rings is 2. The van der Waals surface area contributed by atoms with Crippen LogP contribution in [0.15, 0.2) is 79.0 Å². The van der Waals surface area contributed by atoms with Crippen LogP contribution < -0.4 is 14.8 Å². The first-order chi connectivity index (χ1) is 14.2. The van der Waals surface area contributed by atoms with Gasteiger partial charge in [0, 0.05) is 12.3 Å². The van der Waals surface area contributed by atoms with E-state index in [1.807, 2.05) is 42.5 Å². The summed E-state index contributed by atoms with van der Waals surface area (Å²) in [4.78, 5) is 16.1. The molecule has 0 atom stereocenters. The molecule has 2 aromatic carbocycles. The summed E-state index contributed by atoms with van der Waals surface area (Å²) in [5.74, 6) is 0.753. The summed E-state index contributed by atoms with van der Waals surface area (Å²) in [7, 11) is 0. The van der Waals surface area contributed by atoms with Gasteiger partial charge in [0.1, 0.15) is 30.5 Å². The van der Waals surface area contributed by atoms with Crippen molar-refractivity contribution in [1.82, 2.24) is 10.3 Å². The molecule has 148 valence electrons. The van der Waals surface area contributed by atoms with Gasteiger partial charge in [0.25, 0.3) is 0 Å². The molecule has 1 amide bonds. The number of halogens is 1. The van der Waals surface area contributed by atoms with Gasteiger partial charge < -0.3 is 14.8 Å². The number of amides is 1. The van der Waals surface area contributed by atoms with Gasteiger partial charge >= 0.3 is 0 Å². The fourth-order valence-corrected chi connectivity index (χ4v) is 2.42. The number of carbonyl (C=O) groups is 1. The molecule has 0 bridgehead atoms. The number of hydrogen-bond acceptors (Lipinski definition) is 4. The van der Waals surface area contributed by atoms with Crippen LogP contribution in [0.4, 0.5) is 4.39 Å². The molecular formula is C23H21FN2O3. The van der Waals surface area contributed by atoms with E-state index in [9.17, 15) is 9.18 Å². The standard InChI is InChI=1S/C23H21FN2O3/c24-19-7-11-21(12-8-19)28-16-15-26-23(27)13-6-18-4-9-22(10-5-18)29-17-20-3-1-2-14-25-20/h1-14H,15-17H2,(H,26,27)/b13-6+. The molecule has 0 saturated carbocycles. The number of carbonyl (C=O) groups excluding carboxylic acids is 1. The Bertz CT molecular complexity index is 927. The molecule has 3 rings (SSSR count). The second kappa shape index (κ2) is 10.6. The highest BCUT2D eigenvalue weighted by Crippen LogP contribution is 2.14. The molecule has 0 saturated heterocycles. The number of nitrogens with zero attached hydrogens (tertiary/aromatic N) is 1. The molecular weight excluding hydrogens is 371 g/mol. The maximum absolute atomic E-state index is 12.8. The summed E-state index contributed by atoms with van der Waals surface area (Å²) in [6.07, 6.45) is 4.91. The minimum Gasteiger partial charge on any atom is -0.492 e. The zero-order valence-corrected chi connectivity index (χ0v) is 15.8. The van der Waals surface area contributed by atoms with Gasteiger partial charge in [-0.25, -0.2) is 4.39 Å². The Morgan fingerprint density at radius 3 is 2.41 bits per heavy atom. The minimum atomic E-state index is -0.316. The van der Waals surface area contributed by atoms with Gasteiger partial charge in [-0.1, -0.05) is 18.2 Å². The molecule has 5 nitrogen and oxygen atoms in total. The van der Waals surface area contributed by atoms with Crippen molar-refractivity contribution in [2.24, 2.45) is 0 Å². The third-order valence-corrected chi connectivity index (χ3v) is 3.90. The molecule has 0 radical (unpaired) electrons. The lowest BCUT2D eigenvalue weighted by Gasteiger charge is -2.06. The van der Waals surface area contributed by atoms with Crippen molar-refractivity contribution in [2.45, 2.75) is 6.61 Å². The zero-order chi connectivity index (χ0) is 20.3. The fraction of sp³-hybridized carbons (Fsp3) is 0.130. The number of hydrogen-bond donors (Lipinski definition) is 1. The smallest absolute Gasteiger partial charge is 0.244 e. The van der Waals surface area contributed by atoms with Crippen molar-refractivity contribution >= 4 is 12.0 Å². The molecule has 1 heterocycles. The van der Waals surface area contributed by atoms with Crippen LogP contribution in [-0.4, -0.2) is 24.0 Å². The van der Waals surface area contributed by atoms with Crippen molar-refractivity contribution in [2.75, 3.05) is 13.2 Å². The highest BCUT2D eigenvalue weighted by Gasteiger charge is 1.99. The molecule has 3 aromatic rings. The third kappa shape index (κ3) is 7.10. The van der Waals surface area contributed by atoms with Gasteiger partial charge in [0.2, 0.25) is 5.91 Å². The summed E-state index contributed by atoms with van der Waals surface area (Å²) >= 11 is 0. The highest BCUT2D eigenvalue weighted by atomic mass is 19.1. The molecule has 0 unspecified atom stereocenters.